The summed E-state index contributed by atoms with van der Waals surface area (Å²) in [6.45, 7) is 4.12. The van der Waals surface area contributed by atoms with Crippen LogP contribution >= 0.6 is 47.8 Å². The smallest absolute Gasteiger partial charge is 0.136 e. The Hall–Kier alpha value is 0.200. The molecule has 15 heavy (non-hydrogen) atoms. The largest absolute Gasteiger partial charge is 0.495 e. The lowest BCUT2D eigenvalue weighted by Crippen LogP contribution is -1.93. The first-order chi connectivity index (χ1) is 6.97. The topological polar surface area (TPSA) is 9.23 Å². The SMILES string of the molecule is COc1c(C)c(C)cc(C=C(Br)Br)c1Br. The zero-order valence-corrected chi connectivity index (χ0v) is 13.5. The molecular formula is C11H11Br3O. The number of methoxy groups -OCH3 is 1. The van der Waals surface area contributed by atoms with E-state index in [0.29, 0.717) is 0 Å². The Bertz CT molecular complexity index is 407. The summed E-state index contributed by atoms with van der Waals surface area (Å²) in [5.74, 6) is 0.891. The van der Waals surface area contributed by atoms with Gasteiger partial charge in [-0.25, -0.2) is 0 Å². The van der Waals surface area contributed by atoms with Crippen molar-refractivity contribution >= 4 is 53.9 Å². The highest BCUT2D eigenvalue weighted by Gasteiger charge is 2.10. The molecule has 0 heterocycles. The van der Waals surface area contributed by atoms with Crippen LogP contribution in [0.4, 0.5) is 0 Å². The van der Waals surface area contributed by atoms with E-state index in [-0.39, 0.29) is 0 Å². The van der Waals surface area contributed by atoms with Crippen LogP contribution in [-0.4, -0.2) is 7.11 Å². The highest BCUT2D eigenvalue weighted by molar-refractivity contribution is 9.28. The van der Waals surface area contributed by atoms with Crippen LogP contribution < -0.4 is 4.74 Å². The van der Waals surface area contributed by atoms with Gasteiger partial charge in [-0.05, 0) is 84.4 Å². The second-order valence-corrected chi connectivity index (χ2v) is 6.75. The normalized spacial score (nSPS) is 10.0. The van der Waals surface area contributed by atoms with Gasteiger partial charge in [-0.1, -0.05) is 6.07 Å². The summed E-state index contributed by atoms with van der Waals surface area (Å²) in [4.78, 5) is 0. The van der Waals surface area contributed by atoms with Crippen molar-refractivity contribution in [2.45, 2.75) is 13.8 Å². The minimum absolute atomic E-state index is 0.891. The number of benzene rings is 1. The molecule has 0 aliphatic heterocycles. The zero-order chi connectivity index (χ0) is 11.6. The Kier molecular flexibility index (Phi) is 4.87. The van der Waals surface area contributed by atoms with Crippen LogP contribution in [-0.2, 0) is 0 Å². The molecule has 0 aliphatic carbocycles. The number of ether oxygens (including phenoxy) is 1. The van der Waals surface area contributed by atoms with E-state index in [9.17, 15) is 0 Å². The standard InChI is InChI=1S/C11H11Br3O/c1-6-4-8(5-9(12)13)10(14)11(15-3)7(6)2/h4-5H,1-3H3. The number of hydrogen-bond acceptors (Lipinski definition) is 1. The maximum atomic E-state index is 5.37. The highest BCUT2D eigenvalue weighted by atomic mass is 79.9. The van der Waals surface area contributed by atoms with Gasteiger partial charge in [0, 0.05) is 0 Å². The van der Waals surface area contributed by atoms with Crippen molar-refractivity contribution < 1.29 is 4.74 Å². The van der Waals surface area contributed by atoms with Gasteiger partial charge in [0.1, 0.15) is 5.75 Å². The van der Waals surface area contributed by atoms with Crippen LogP contribution in [0.25, 0.3) is 6.08 Å². The first kappa shape index (κ1) is 13.3. The lowest BCUT2D eigenvalue weighted by Gasteiger charge is -2.12. The van der Waals surface area contributed by atoms with E-state index in [1.807, 2.05) is 6.08 Å². The summed E-state index contributed by atoms with van der Waals surface area (Å²) in [7, 11) is 1.68. The molecule has 0 saturated heterocycles. The Labute approximate surface area is 115 Å². The van der Waals surface area contributed by atoms with Crippen molar-refractivity contribution in [3.63, 3.8) is 0 Å². The van der Waals surface area contributed by atoms with E-state index in [1.165, 1.54) is 5.56 Å². The Morgan fingerprint density at radius 1 is 1.33 bits per heavy atom. The second-order valence-electron chi connectivity index (χ2n) is 3.19. The Morgan fingerprint density at radius 2 is 1.93 bits per heavy atom. The van der Waals surface area contributed by atoms with Gasteiger partial charge in [-0.2, -0.15) is 0 Å². The molecule has 0 unspecified atom stereocenters. The number of aryl methyl sites for hydroxylation is 1. The third-order valence-electron chi connectivity index (χ3n) is 2.23. The summed E-state index contributed by atoms with van der Waals surface area (Å²) in [5.41, 5.74) is 3.45. The second kappa shape index (κ2) is 5.51. The van der Waals surface area contributed by atoms with Gasteiger partial charge in [0.2, 0.25) is 0 Å². The average molecular weight is 399 g/mol. The summed E-state index contributed by atoms with van der Waals surface area (Å²) < 4.78 is 7.25. The minimum atomic E-state index is 0.891. The molecule has 0 radical (unpaired) electrons. The fourth-order valence-corrected chi connectivity index (χ4v) is 2.53. The van der Waals surface area contributed by atoms with Crippen molar-refractivity contribution in [2.75, 3.05) is 7.11 Å². The van der Waals surface area contributed by atoms with Crippen molar-refractivity contribution in [3.8, 4) is 5.75 Å². The fraction of sp³-hybridized carbons (Fsp3) is 0.273. The van der Waals surface area contributed by atoms with Crippen LogP contribution in [0.5, 0.6) is 5.75 Å². The van der Waals surface area contributed by atoms with Crippen molar-refractivity contribution in [1.29, 1.82) is 0 Å². The molecule has 0 fully saturated rings. The first-order valence-electron chi connectivity index (χ1n) is 4.33. The molecule has 82 valence electrons. The van der Waals surface area contributed by atoms with Crippen LogP contribution in [0.15, 0.2) is 13.9 Å². The quantitative estimate of drug-likeness (QED) is 0.668. The van der Waals surface area contributed by atoms with E-state index >= 15 is 0 Å². The summed E-state index contributed by atoms with van der Waals surface area (Å²) >= 11 is 10.2. The van der Waals surface area contributed by atoms with Gasteiger partial charge >= 0.3 is 0 Å². The van der Waals surface area contributed by atoms with Gasteiger partial charge < -0.3 is 4.74 Å². The Balaban J connectivity index is 3.43. The van der Waals surface area contributed by atoms with Gasteiger partial charge in [0.15, 0.2) is 0 Å². The van der Waals surface area contributed by atoms with E-state index in [0.717, 1.165) is 24.7 Å². The molecule has 1 aromatic rings. The summed E-state index contributed by atoms with van der Waals surface area (Å²) in [6, 6.07) is 2.12. The predicted molar refractivity (Wildman–Crippen MR) is 76.0 cm³/mol. The van der Waals surface area contributed by atoms with Crippen LogP contribution in [0.1, 0.15) is 16.7 Å². The maximum Gasteiger partial charge on any atom is 0.136 e. The fourth-order valence-electron chi connectivity index (χ4n) is 1.34. The zero-order valence-electron chi connectivity index (χ0n) is 8.70. The highest BCUT2D eigenvalue weighted by Crippen LogP contribution is 2.36. The first-order valence-corrected chi connectivity index (χ1v) is 6.71. The number of halogens is 3. The molecule has 0 saturated carbocycles. The molecule has 0 aromatic heterocycles. The van der Waals surface area contributed by atoms with Crippen LogP contribution in [0, 0.1) is 13.8 Å². The Morgan fingerprint density at radius 3 is 2.40 bits per heavy atom. The molecule has 0 amide bonds. The van der Waals surface area contributed by atoms with E-state index in [1.54, 1.807) is 7.11 Å². The van der Waals surface area contributed by atoms with Crippen LogP contribution in [0.2, 0.25) is 0 Å². The molecule has 0 atom stereocenters. The van der Waals surface area contributed by atoms with Crippen molar-refractivity contribution in [1.82, 2.24) is 0 Å². The lowest BCUT2D eigenvalue weighted by molar-refractivity contribution is 0.408. The minimum Gasteiger partial charge on any atom is -0.495 e. The van der Waals surface area contributed by atoms with Crippen molar-refractivity contribution in [3.05, 3.63) is 30.6 Å². The summed E-state index contributed by atoms with van der Waals surface area (Å²) in [5, 5.41) is 0. The van der Waals surface area contributed by atoms with E-state index < -0.39 is 0 Å². The molecule has 1 aromatic carbocycles. The maximum absolute atomic E-state index is 5.37. The van der Waals surface area contributed by atoms with Gasteiger partial charge in [-0.15, -0.1) is 0 Å². The van der Waals surface area contributed by atoms with E-state index in [2.05, 4.69) is 67.7 Å². The molecule has 0 spiro atoms. The van der Waals surface area contributed by atoms with Gasteiger partial charge in [0.25, 0.3) is 0 Å². The number of hydrogen-bond donors (Lipinski definition) is 0. The molecule has 1 rings (SSSR count). The van der Waals surface area contributed by atoms with Gasteiger partial charge in [0.05, 0.1) is 15.0 Å². The van der Waals surface area contributed by atoms with Crippen molar-refractivity contribution in [2.24, 2.45) is 0 Å². The van der Waals surface area contributed by atoms with Crippen LogP contribution in [0.3, 0.4) is 0 Å². The average Bonchev–Trinajstić information content (AvgIpc) is 2.14. The third-order valence-corrected chi connectivity index (χ3v) is 3.50. The molecule has 0 bridgehead atoms. The molecule has 0 N–H and O–H groups in total. The molecule has 0 aliphatic rings. The summed E-state index contributed by atoms with van der Waals surface area (Å²) in [6.07, 6.45) is 1.99. The van der Waals surface area contributed by atoms with E-state index in [4.69, 9.17) is 4.74 Å². The lowest BCUT2D eigenvalue weighted by atomic mass is 10.1. The van der Waals surface area contributed by atoms with Gasteiger partial charge in [-0.3, -0.25) is 0 Å². The molecule has 4 heteroatoms. The molecular weight excluding hydrogens is 388 g/mol. The molecule has 1 nitrogen and oxygen atoms in total. The number of rotatable bonds is 2. The third kappa shape index (κ3) is 3.08. The monoisotopic (exact) mass is 396 g/mol. The predicted octanol–water partition coefficient (Wildman–Crippen LogP) is 5.16.